The third kappa shape index (κ3) is 3.80. The second kappa shape index (κ2) is 8.17. The predicted molar refractivity (Wildman–Crippen MR) is 112 cm³/mol. The molecule has 0 spiro atoms. The van der Waals surface area contributed by atoms with Crippen LogP contribution in [-0.4, -0.2) is 37.3 Å². The van der Waals surface area contributed by atoms with Gasteiger partial charge in [-0.05, 0) is 62.3 Å². The molecule has 0 saturated carbocycles. The maximum Gasteiger partial charge on any atom is 0.344 e. The van der Waals surface area contributed by atoms with Crippen LogP contribution in [0.2, 0.25) is 0 Å². The molecule has 1 saturated heterocycles. The minimum Gasteiger partial charge on any atom is -0.507 e. The van der Waals surface area contributed by atoms with E-state index in [1.165, 1.54) is 6.42 Å². The molecule has 2 heterocycles. The van der Waals surface area contributed by atoms with E-state index in [2.05, 4.69) is 4.90 Å². The van der Waals surface area contributed by atoms with E-state index >= 15 is 0 Å². The van der Waals surface area contributed by atoms with Gasteiger partial charge in [0.1, 0.15) is 22.8 Å². The van der Waals surface area contributed by atoms with E-state index in [-0.39, 0.29) is 5.75 Å². The Labute approximate surface area is 169 Å². The molecule has 0 atom stereocenters. The van der Waals surface area contributed by atoms with E-state index < -0.39 is 5.63 Å². The molecular formula is C23H25NO5. The van der Waals surface area contributed by atoms with Crippen LogP contribution in [-0.2, 0) is 6.54 Å². The van der Waals surface area contributed by atoms with Crippen molar-refractivity contribution in [1.82, 2.24) is 4.90 Å². The van der Waals surface area contributed by atoms with Crippen LogP contribution < -0.4 is 15.1 Å². The van der Waals surface area contributed by atoms with Gasteiger partial charge in [-0.3, -0.25) is 4.90 Å². The Morgan fingerprint density at radius 3 is 2.52 bits per heavy atom. The molecule has 4 rings (SSSR count). The molecule has 6 nitrogen and oxygen atoms in total. The van der Waals surface area contributed by atoms with Gasteiger partial charge in [-0.25, -0.2) is 4.79 Å². The number of aromatic hydroxyl groups is 1. The van der Waals surface area contributed by atoms with Crippen molar-refractivity contribution in [2.45, 2.75) is 25.8 Å². The topological polar surface area (TPSA) is 72.1 Å². The van der Waals surface area contributed by atoms with Crippen molar-refractivity contribution in [3.05, 3.63) is 52.4 Å². The fourth-order valence-electron chi connectivity index (χ4n) is 3.94. The number of piperidine rings is 1. The first-order valence-electron chi connectivity index (χ1n) is 9.84. The molecule has 1 aliphatic rings. The lowest BCUT2D eigenvalue weighted by molar-refractivity contribution is 0.218. The number of benzene rings is 2. The van der Waals surface area contributed by atoms with E-state index in [1.54, 1.807) is 50.6 Å². The minimum atomic E-state index is -0.477. The normalized spacial score (nSPS) is 14.8. The van der Waals surface area contributed by atoms with Crippen molar-refractivity contribution in [2.24, 2.45) is 0 Å². The molecule has 0 aliphatic carbocycles. The van der Waals surface area contributed by atoms with Crippen molar-refractivity contribution in [3.63, 3.8) is 0 Å². The number of methoxy groups -OCH3 is 2. The van der Waals surface area contributed by atoms with Crippen LogP contribution in [0, 0.1) is 0 Å². The first-order valence-corrected chi connectivity index (χ1v) is 9.84. The number of nitrogens with zero attached hydrogens (tertiary/aromatic N) is 1. The van der Waals surface area contributed by atoms with Gasteiger partial charge < -0.3 is 19.0 Å². The highest BCUT2D eigenvalue weighted by Gasteiger charge is 2.19. The molecule has 3 aromatic rings. The highest BCUT2D eigenvalue weighted by molar-refractivity contribution is 5.87. The van der Waals surface area contributed by atoms with Crippen molar-refractivity contribution in [3.8, 4) is 28.4 Å². The summed E-state index contributed by atoms with van der Waals surface area (Å²) in [5, 5.41) is 11.2. The molecule has 6 heteroatoms. The summed E-state index contributed by atoms with van der Waals surface area (Å²) in [4.78, 5) is 15.2. The Morgan fingerprint density at radius 1 is 1.00 bits per heavy atom. The number of rotatable bonds is 5. The molecule has 29 heavy (non-hydrogen) atoms. The number of phenolic OH excluding ortho intramolecular Hbond substituents is 1. The van der Waals surface area contributed by atoms with Crippen molar-refractivity contribution >= 4 is 11.0 Å². The lowest BCUT2D eigenvalue weighted by Gasteiger charge is -2.26. The zero-order chi connectivity index (χ0) is 20.4. The summed E-state index contributed by atoms with van der Waals surface area (Å²) < 4.78 is 16.5. The zero-order valence-corrected chi connectivity index (χ0v) is 16.7. The number of likely N-dealkylation sites (tertiary alicyclic amines) is 1. The maximum atomic E-state index is 12.9. The summed E-state index contributed by atoms with van der Waals surface area (Å²) in [6.45, 7) is 2.53. The summed E-state index contributed by atoms with van der Waals surface area (Å²) in [5.41, 5.74) is 1.61. The molecule has 0 radical (unpaired) electrons. The SMILES string of the molecule is COc1ccc(OC)c(-c2cc3ccc(O)c(CN4CCCCC4)c3oc2=O)c1. The van der Waals surface area contributed by atoms with Crippen molar-refractivity contribution in [2.75, 3.05) is 27.3 Å². The summed E-state index contributed by atoms with van der Waals surface area (Å²) in [6.07, 6.45) is 3.53. The number of phenols is 1. The van der Waals surface area contributed by atoms with Gasteiger partial charge >= 0.3 is 5.63 Å². The van der Waals surface area contributed by atoms with Gasteiger partial charge in [0.15, 0.2) is 0 Å². The molecule has 1 fully saturated rings. The molecule has 0 amide bonds. The van der Waals surface area contributed by atoms with Crippen LogP contribution in [0.4, 0.5) is 0 Å². The highest BCUT2D eigenvalue weighted by Crippen LogP contribution is 2.35. The monoisotopic (exact) mass is 395 g/mol. The number of fused-ring (bicyclic) bond motifs is 1. The third-order valence-electron chi connectivity index (χ3n) is 5.51. The third-order valence-corrected chi connectivity index (χ3v) is 5.51. The molecule has 1 aliphatic heterocycles. The molecular weight excluding hydrogens is 370 g/mol. The van der Waals surface area contributed by atoms with E-state index in [0.717, 1.165) is 31.3 Å². The fraction of sp³-hybridized carbons (Fsp3) is 0.348. The Morgan fingerprint density at radius 2 is 1.79 bits per heavy atom. The average molecular weight is 395 g/mol. The van der Waals surface area contributed by atoms with Crippen molar-refractivity contribution in [1.29, 1.82) is 0 Å². The van der Waals surface area contributed by atoms with Gasteiger partial charge in [-0.2, -0.15) is 0 Å². The summed E-state index contributed by atoms with van der Waals surface area (Å²) in [6, 6.07) is 10.5. The quantitative estimate of drug-likeness (QED) is 0.654. The summed E-state index contributed by atoms with van der Waals surface area (Å²) >= 11 is 0. The van der Waals surface area contributed by atoms with Crippen LogP contribution in [0.5, 0.6) is 17.2 Å². The Kier molecular flexibility index (Phi) is 5.45. The highest BCUT2D eigenvalue weighted by atomic mass is 16.5. The zero-order valence-electron chi connectivity index (χ0n) is 16.7. The molecule has 0 bridgehead atoms. The number of ether oxygens (including phenoxy) is 2. The van der Waals surface area contributed by atoms with Gasteiger partial charge in [0.25, 0.3) is 0 Å². The fourth-order valence-corrected chi connectivity index (χ4v) is 3.94. The van der Waals surface area contributed by atoms with Gasteiger partial charge in [-0.15, -0.1) is 0 Å². The van der Waals surface area contributed by atoms with Crippen LogP contribution in [0.25, 0.3) is 22.1 Å². The van der Waals surface area contributed by atoms with Crippen LogP contribution in [0.1, 0.15) is 24.8 Å². The first kappa shape index (κ1) is 19.3. The molecule has 152 valence electrons. The van der Waals surface area contributed by atoms with Gasteiger partial charge in [0, 0.05) is 17.5 Å². The van der Waals surface area contributed by atoms with E-state index in [9.17, 15) is 9.90 Å². The van der Waals surface area contributed by atoms with Crippen LogP contribution in [0.3, 0.4) is 0 Å². The van der Waals surface area contributed by atoms with Gasteiger partial charge in [0.05, 0.1) is 25.3 Å². The maximum absolute atomic E-state index is 12.9. The smallest absolute Gasteiger partial charge is 0.344 e. The molecule has 1 aromatic heterocycles. The van der Waals surface area contributed by atoms with Gasteiger partial charge in [-0.1, -0.05) is 6.42 Å². The largest absolute Gasteiger partial charge is 0.507 e. The average Bonchev–Trinajstić information content (AvgIpc) is 2.76. The Bertz CT molecular complexity index is 1080. The lowest BCUT2D eigenvalue weighted by atomic mass is 10.0. The van der Waals surface area contributed by atoms with E-state index in [0.29, 0.717) is 40.3 Å². The van der Waals surface area contributed by atoms with Crippen LogP contribution in [0.15, 0.2) is 45.6 Å². The lowest BCUT2D eigenvalue weighted by Crippen LogP contribution is -2.29. The minimum absolute atomic E-state index is 0.151. The second-order valence-corrected chi connectivity index (χ2v) is 7.33. The van der Waals surface area contributed by atoms with E-state index in [4.69, 9.17) is 13.9 Å². The molecule has 2 aromatic carbocycles. The first-order chi connectivity index (χ1) is 14.1. The van der Waals surface area contributed by atoms with Crippen LogP contribution >= 0.6 is 0 Å². The number of hydrogen-bond donors (Lipinski definition) is 1. The van der Waals surface area contributed by atoms with Gasteiger partial charge in [0.2, 0.25) is 0 Å². The Hall–Kier alpha value is -2.99. The molecule has 0 unspecified atom stereocenters. The standard InChI is InChI=1S/C23H25NO5/c1-27-16-7-9-21(28-2)17(13-16)18-12-15-6-8-20(25)19(22(15)29-23(18)26)14-24-10-4-3-5-11-24/h6-9,12-13,25H,3-5,10-11,14H2,1-2H3. The summed E-state index contributed by atoms with van der Waals surface area (Å²) in [7, 11) is 3.13. The molecule has 1 N–H and O–H groups in total. The predicted octanol–water partition coefficient (Wildman–Crippen LogP) is 4.17. The van der Waals surface area contributed by atoms with Crippen molar-refractivity contribution < 1.29 is 19.0 Å². The Balaban J connectivity index is 1.83. The van der Waals surface area contributed by atoms with E-state index in [1.807, 2.05) is 0 Å². The number of hydrogen-bond acceptors (Lipinski definition) is 6. The second-order valence-electron chi connectivity index (χ2n) is 7.33. The summed E-state index contributed by atoms with van der Waals surface area (Å²) in [5.74, 6) is 1.33.